The van der Waals surface area contributed by atoms with Crippen LogP contribution in [-0.2, 0) is 4.74 Å². The Balaban J connectivity index is 2.43. The highest BCUT2D eigenvalue weighted by Crippen LogP contribution is 2.34. The molecule has 0 aromatic carbocycles. The molecule has 0 bridgehead atoms. The van der Waals surface area contributed by atoms with Crippen LogP contribution in [-0.4, -0.2) is 34.8 Å². The largest absolute Gasteiger partial charge is 0.379 e. The Morgan fingerprint density at radius 1 is 1.72 bits per heavy atom. The average molecular weight is 316 g/mol. The quantitative estimate of drug-likeness (QED) is 0.863. The summed E-state index contributed by atoms with van der Waals surface area (Å²) in [6, 6.07) is -0.148. The fraction of sp³-hybridized carbons (Fsp3) is 0.667. The molecule has 2 atom stereocenters. The normalized spacial score (nSPS) is 28.0. The molecule has 1 saturated heterocycles. The summed E-state index contributed by atoms with van der Waals surface area (Å²) < 4.78 is 7.78. The third-order valence-electron chi connectivity index (χ3n) is 3.49. The van der Waals surface area contributed by atoms with Gasteiger partial charge in [0.15, 0.2) is 5.78 Å². The molecular formula is C12H18BrN3O2. The highest BCUT2D eigenvalue weighted by Gasteiger charge is 2.46. The third-order valence-corrected chi connectivity index (χ3v) is 4.07. The molecule has 100 valence electrons. The zero-order chi connectivity index (χ0) is 13.5. The van der Waals surface area contributed by atoms with Crippen molar-refractivity contribution in [2.75, 3.05) is 13.2 Å². The van der Waals surface area contributed by atoms with Gasteiger partial charge in [-0.2, -0.15) is 5.10 Å². The summed E-state index contributed by atoms with van der Waals surface area (Å²) in [4.78, 5) is 12.7. The van der Waals surface area contributed by atoms with Gasteiger partial charge in [0.05, 0.1) is 29.3 Å². The van der Waals surface area contributed by atoms with Crippen molar-refractivity contribution in [3.8, 4) is 0 Å². The lowest BCUT2D eigenvalue weighted by atomic mass is 9.80. The topological polar surface area (TPSA) is 70.1 Å². The molecule has 18 heavy (non-hydrogen) atoms. The molecule has 1 aromatic heterocycles. The SMILES string of the molecule is CC(C)n1ncc(Br)c1C(=O)C1(C)COCC1N. The number of hydrogen-bond acceptors (Lipinski definition) is 4. The summed E-state index contributed by atoms with van der Waals surface area (Å²) in [5.41, 5.74) is 5.91. The van der Waals surface area contributed by atoms with E-state index in [4.69, 9.17) is 10.5 Å². The van der Waals surface area contributed by atoms with Gasteiger partial charge >= 0.3 is 0 Å². The fourth-order valence-electron chi connectivity index (χ4n) is 2.14. The first-order valence-corrected chi connectivity index (χ1v) is 6.78. The summed E-state index contributed by atoms with van der Waals surface area (Å²) in [6.07, 6.45) is 1.65. The van der Waals surface area contributed by atoms with E-state index in [1.165, 1.54) is 0 Å². The van der Waals surface area contributed by atoms with Crippen molar-refractivity contribution in [2.45, 2.75) is 32.9 Å². The molecule has 0 spiro atoms. The lowest BCUT2D eigenvalue weighted by molar-refractivity contribution is 0.0753. The standard InChI is InChI=1S/C12H18BrN3O2/c1-7(2)16-10(8(13)4-15-16)11(17)12(3)6-18-5-9(12)14/h4,7,9H,5-6,14H2,1-3H3. The van der Waals surface area contributed by atoms with Crippen molar-refractivity contribution in [3.63, 3.8) is 0 Å². The first-order valence-electron chi connectivity index (χ1n) is 5.99. The highest BCUT2D eigenvalue weighted by molar-refractivity contribution is 9.10. The van der Waals surface area contributed by atoms with Gasteiger partial charge in [-0.15, -0.1) is 0 Å². The molecule has 0 saturated carbocycles. The van der Waals surface area contributed by atoms with Gasteiger partial charge < -0.3 is 10.5 Å². The van der Waals surface area contributed by atoms with Crippen molar-refractivity contribution in [1.82, 2.24) is 9.78 Å². The second-order valence-corrected chi connectivity index (χ2v) is 6.10. The number of carbonyl (C=O) groups excluding carboxylic acids is 1. The molecule has 2 rings (SSSR count). The Morgan fingerprint density at radius 3 is 2.89 bits per heavy atom. The highest BCUT2D eigenvalue weighted by atomic mass is 79.9. The second kappa shape index (κ2) is 4.75. The molecule has 1 aliphatic heterocycles. The van der Waals surface area contributed by atoms with Crippen LogP contribution in [0.15, 0.2) is 10.7 Å². The number of halogens is 1. The van der Waals surface area contributed by atoms with Gasteiger partial charge in [-0.05, 0) is 36.7 Å². The maximum Gasteiger partial charge on any atom is 0.191 e. The molecule has 5 nitrogen and oxygen atoms in total. The minimum absolute atomic E-state index is 0.00873. The van der Waals surface area contributed by atoms with Crippen LogP contribution >= 0.6 is 15.9 Å². The number of ketones is 1. The Bertz CT molecular complexity index is 472. The summed E-state index contributed by atoms with van der Waals surface area (Å²) in [6.45, 7) is 6.63. The zero-order valence-electron chi connectivity index (χ0n) is 10.8. The van der Waals surface area contributed by atoms with Gasteiger partial charge in [-0.25, -0.2) is 0 Å². The van der Waals surface area contributed by atoms with Gasteiger partial charge in [-0.1, -0.05) is 0 Å². The van der Waals surface area contributed by atoms with Gasteiger partial charge in [0.1, 0.15) is 5.69 Å². The molecule has 2 N–H and O–H groups in total. The lowest BCUT2D eigenvalue weighted by Crippen LogP contribution is -2.45. The van der Waals surface area contributed by atoms with Crippen molar-refractivity contribution in [1.29, 1.82) is 0 Å². The minimum atomic E-state index is -0.671. The number of nitrogens with zero attached hydrogens (tertiary/aromatic N) is 2. The molecule has 1 aromatic rings. The van der Waals surface area contributed by atoms with Crippen LogP contribution in [0, 0.1) is 5.41 Å². The van der Waals surface area contributed by atoms with Gasteiger partial charge in [-0.3, -0.25) is 9.48 Å². The van der Waals surface area contributed by atoms with Crippen LogP contribution in [0.4, 0.5) is 0 Å². The molecular weight excluding hydrogens is 298 g/mol. The Labute approximate surface area is 115 Å². The van der Waals surface area contributed by atoms with Crippen LogP contribution in [0.2, 0.25) is 0 Å². The van der Waals surface area contributed by atoms with Crippen LogP contribution in [0.25, 0.3) is 0 Å². The molecule has 1 fully saturated rings. The Morgan fingerprint density at radius 2 is 2.39 bits per heavy atom. The number of rotatable bonds is 3. The van der Waals surface area contributed by atoms with Crippen LogP contribution < -0.4 is 5.73 Å². The summed E-state index contributed by atoms with van der Waals surface area (Å²) >= 11 is 3.39. The van der Waals surface area contributed by atoms with E-state index in [1.807, 2.05) is 20.8 Å². The fourth-order valence-corrected chi connectivity index (χ4v) is 2.59. The maximum atomic E-state index is 12.7. The number of aromatic nitrogens is 2. The number of Topliss-reactive ketones (excluding diaryl/α,β-unsaturated/α-hetero) is 1. The molecule has 0 aliphatic carbocycles. The molecule has 2 unspecified atom stereocenters. The summed E-state index contributed by atoms with van der Waals surface area (Å²) in [5.74, 6) is -0.00873. The van der Waals surface area contributed by atoms with Crippen LogP contribution in [0.3, 0.4) is 0 Å². The first kappa shape index (κ1) is 13.7. The summed E-state index contributed by atoms with van der Waals surface area (Å²) in [7, 11) is 0. The van der Waals surface area contributed by atoms with Crippen LogP contribution in [0.5, 0.6) is 0 Å². The van der Waals surface area contributed by atoms with Gasteiger partial charge in [0.25, 0.3) is 0 Å². The lowest BCUT2D eigenvalue weighted by Gasteiger charge is -2.26. The second-order valence-electron chi connectivity index (χ2n) is 5.25. The maximum absolute atomic E-state index is 12.7. The third kappa shape index (κ3) is 2.02. The van der Waals surface area contributed by atoms with E-state index in [2.05, 4.69) is 21.0 Å². The number of nitrogens with two attached hydrogens (primary N) is 1. The smallest absolute Gasteiger partial charge is 0.191 e. The van der Waals surface area contributed by atoms with E-state index < -0.39 is 5.41 Å². The number of carbonyl (C=O) groups is 1. The zero-order valence-corrected chi connectivity index (χ0v) is 12.4. The van der Waals surface area contributed by atoms with E-state index in [0.29, 0.717) is 23.4 Å². The van der Waals surface area contributed by atoms with Crippen LogP contribution in [0.1, 0.15) is 37.3 Å². The van der Waals surface area contributed by atoms with Gasteiger partial charge in [0.2, 0.25) is 0 Å². The van der Waals surface area contributed by atoms with E-state index in [9.17, 15) is 4.79 Å². The van der Waals surface area contributed by atoms with E-state index in [-0.39, 0.29) is 17.9 Å². The predicted octanol–water partition coefficient (Wildman–Crippen LogP) is 1.77. The Kier molecular flexibility index (Phi) is 3.62. The van der Waals surface area contributed by atoms with E-state index >= 15 is 0 Å². The first-order chi connectivity index (χ1) is 8.38. The van der Waals surface area contributed by atoms with Gasteiger partial charge in [0, 0.05) is 12.1 Å². The van der Waals surface area contributed by atoms with Crippen molar-refractivity contribution < 1.29 is 9.53 Å². The number of hydrogen-bond donors (Lipinski definition) is 1. The predicted molar refractivity (Wildman–Crippen MR) is 71.5 cm³/mol. The van der Waals surface area contributed by atoms with E-state index in [0.717, 1.165) is 0 Å². The summed E-state index contributed by atoms with van der Waals surface area (Å²) in [5, 5.41) is 4.23. The van der Waals surface area contributed by atoms with E-state index in [1.54, 1.807) is 10.9 Å². The molecule has 1 aliphatic rings. The van der Waals surface area contributed by atoms with Crippen molar-refractivity contribution in [3.05, 3.63) is 16.4 Å². The molecule has 0 radical (unpaired) electrons. The molecule has 2 heterocycles. The van der Waals surface area contributed by atoms with Crippen molar-refractivity contribution in [2.24, 2.45) is 11.1 Å². The monoisotopic (exact) mass is 315 g/mol. The average Bonchev–Trinajstić information content (AvgIpc) is 2.83. The number of ether oxygens (including phenoxy) is 1. The molecule has 0 amide bonds. The minimum Gasteiger partial charge on any atom is -0.379 e. The van der Waals surface area contributed by atoms with Crippen molar-refractivity contribution >= 4 is 21.7 Å². The Hall–Kier alpha value is -0.720. The molecule has 6 heteroatoms.